The van der Waals surface area contributed by atoms with Crippen LogP contribution in [0, 0.1) is 11.3 Å². The van der Waals surface area contributed by atoms with Gasteiger partial charge < -0.3 is 10.4 Å². The molecule has 2 heterocycles. The lowest BCUT2D eigenvalue weighted by molar-refractivity contribution is -0.121. The predicted octanol–water partition coefficient (Wildman–Crippen LogP) is 0.340. The summed E-state index contributed by atoms with van der Waals surface area (Å²) in [5, 5.41) is 22.3. The number of aliphatic hydroxyl groups is 1. The Hall–Kier alpha value is -2.56. The Labute approximate surface area is 138 Å². The predicted molar refractivity (Wildman–Crippen MR) is 87.4 cm³/mol. The van der Waals surface area contributed by atoms with E-state index in [-0.39, 0.29) is 30.3 Å². The summed E-state index contributed by atoms with van der Waals surface area (Å²) in [6.45, 7) is 0.687. The number of carbonyl (C=O) groups excluding carboxylic acids is 1. The molecule has 1 aromatic heterocycles. The monoisotopic (exact) mass is 326 g/mol. The average molecular weight is 326 g/mol. The maximum Gasteiger partial charge on any atom is 0.261 e. The Morgan fingerprint density at radius 1 is 1.50 bits per heavy atom. The van der Waals surface area contributed by atoms with Crippen molar-refractivity contribution >= 4 is 16.7 Å². The van der Waals surface area contributed by atoms with Crippen molar-refractivity contribution in [2.45, 2.75) is 38.0 Å². The molecule has 2 aromatic rings. The Morgan fingerprint density at radius 3 is 3.08 bits per heavy atom. The van der Waals surface area contributed by atoms with Crippen LogP contribution in [-0.2, 0) is 11.3 Å². The number of ketones is 1. The van der Waals surface area contributed by atoms with Gasteiger partial charge in [-0.15, -0.1) is 0 Å². The van der Waals surface area contributed by atoms with Crippen LogP contribution in [0.5, 0.6) is 0 Å². The molecule has 0 radical (unpaired) electrons. The first kappa shape index (κ1) is 16.3. The highest BCUT2D eigenvalue weighted by Gasteiger charge is 2.25. The Morgan fingerprint density at radius 2 is 2.33 bits per heavy atom. The van der Waals surface area contributed by atoms with Crippen molar-refractivity contribution in [1.82, 2.24) is 14.9 Å². The van der Waals surface area contributed by atoms with Crippen LogP contribution in [0.1, 0.15) is 24.8 Å². The lowest BCUT2D eigenvalue weighted by Gasteiger charge is -2.28. The second kappa shape index (κ2) is 6.91. The largest absolute Gasteiger partial charge is 0.391 e. The van der Waals surface area contributed by atoms with Crippen molar-refractivity contribution in [2.24, 2.45) is 0 Å². The van der Waals surface area contributed by atoms with Crippen LogP contribution in [0.3, 0.4) is 0 Å². The number of hydrogen-bond donors (Lipinski definition) is 2. The summed E-state index contributed by atoms with van der Waals surface area (Å²) in [5.41, 5.74) is 0.523. The smallest absolute Gasteiger partial charge is 0.261 e. The summed E-state index contributed by atoms with van der Waals surface area (Å²) in [5.74, 6) is -0.145. The van der Waals surface area contributed by atoms with Crippen LogP contribution in [0.2, 0.25) is 0 Å². The Bertz CT molecular complexity index is 868. The summed E-state index contributed by atoms with van der Waals surface area (Å²) in [6, 6.07) is 6.42. The van der Waals surface area contributed by atoms with Crippen LogP contribution in [0.15, 0.2) is 29.3 Å². The number of nitrogens with one attached hydrogen (secondary N) is 1. The van der Waals surface area contributed by atoms with E-state index in [9.17, 15) is 14.7 Å². The second-order valence-electron chi connectivity index (χ2n) is 6.03. The molecule has 1 saturated heterocycles. The first-order valence-corrected chi connectivity index (χ1v) is 7.91. The second-order valence-corrected chi connectivity index (χ2v) is 6.03. The first-order chi connectivity index (χ1) is 11.6. The summed E-state index contributed by atoms with van der Waals surface area (Å²) in [6.07, 6.45) is 2.55. The van der Waals surface area contributed by atoms with E-state index >= 15 is 0 Å². The number of fused-ring (bicyclic) bond motifs is 1. The number of benzene rings is 1. The molecule has 0 aliphatic carbocycles. The molecule has 0 bridgehead atoms. The summed E-state index contributed by atoms with van der Waals surface area (Å²) in [7, 11) is 0. The molecule has 24 heavy (non-hydrogen) atoms. The van der Waals surface area contributed by atoms with Crippen LogP contribution < -0.4 is 10.9 Å². The molecule has 7 heteroatoms. The number of piperidine rings is 1. The zero-order valence-electron chi connectivity index (χ0n) is 13.1. The minimum atomic E-state index is -0.535. The van der Waals surface area contributed by atoms with Crippen molar-refractivity contribution in [2.75, 3.05) is 6.54 Å². The normalized spacial score (nSPS) is 20.7. The third kappa shape index (κ3) is 3.35. The molecule has 124 valence electrons. The number of nitrogens with zero attached hydrogens (tertiary/aromatic N) is 3. The summed E-state index contributed by atoms with van der Waals surface area (Å²) in [4.78, 5) is 28.9. The van der Waals surface area contributed by atoms with Gasteiger partial charge in [-0.25, -0.2) is 4.98 Å². The molecule has 3 rings (SSSR count). The first-order valence-electron chi connectivity index (χ1n) is 7.91. The fourth-order valence-corrected chi connectivity index (χ4v) is 2.99. The molecule has 2 atom stereocenters. The highest BCUT2D eigenvalue weighted by molar-refractivity contribution is 5.81. The third-order valence-corrected chi connectivity index (χ3v) is 4.30. The van der Waals surface area contributed by atoms with Gasteiger partial charge in [-0.3, -0.25) is 14.2 Å². The maximum atomic E-state index is 12.5. The van der Waals surface area contributed by atoms with Gasteiger partial charge in [0.25, 0.3) is 5.56 Å². The molecule has 0 amide bonds. The van der Waals surface area contributed by atoms with Gasteiger partial charge in [0.1, 0.15) is 0 Å². The lowest BCUT2D eigenvalue weighted by atomic mass is 9.97. The Balaban J connectivity index is 1.79. The van der Waals surface area contributed by atoms with Gasteiger partial charge in [-0.1, -0.05) is 0 Å². The van der Waals surface area contributed by atoms with Gasteiger partial charge in [0.2, 0.25) is 0 Å². The van der Waals surface area contributed by atoms with Gasteiger partial charge >= 0.3 is 0 Å². The minimum Gasteiger partial charge on any atom is -0.391 e. The number of nitriles is 1. The fraction of sp³-hybridized carbons (Fsp3) is 0.412. The molecule has 2 N–H and O–H groups in total. The number of carbonyl (C=O) groups is 1. The maximum absolute atomic E-state index is 12.5. The molecule has 1 aliphatic rings. The van der Waals surface area contributed by atoms with E-state index in [1.807, 2.05) is 6.07 Å². The van der Waals surface area contributed by atoms with E-state index < -0.39 is 6.10 Å². The zero-order valence-corrected chi connectivity index (χ0v) is 13.1. The molecule has 1 aromatic carbocycles. The SMILES string of the molecule is N#Cc1ccc2ncn(CC(=O)CC3NCCCC3O)c(=O)c2c1. The van der Waals surface area contributed by atoms with Crippen LogP contribution in [0.25, 0.3) is 10.9 Å². The van der Waals surface area contributed by atoms with Gasteiger partial charge in [0, 0.05) is 12.5 Å². The van der Waals surface area contributed by atoms with E-state index in [1.165, 1.54) is 17.0 Å². The third-order valence-electron chi connectivity index (χ3n) is 4.30. The number of Topliss-reactive ketones (excluding diaryl/α,β-unsaturated/α-hetero) is 1. The number of aromatic nitrogens is 2. The summed E-state index contributed by atoms with van der Waals surface area (Å²) >= 11 is 0. The van der Waals surface area contributed by atoms with Crippen molar-refractivity contribution in [3.8, 4) is 6.07 Å². The van der Waals surface area contributed by atoms with Gasteiger partial charge in [0.15, 0.2) is 5.78 Å². The number of rotatable bonds is 4. The quantitative estimate of drug-likeness (QED) is 0.839. The highest BCUT2D eigenvalue weighted by atomic mass is 16.3. The Kier molecular flexibility index (Phi) is 4.69. The van der Waals surface area contributed by atoms with E-state index in [2.05, 4.69) is 10.3 Å². The molecule has 1 fully saturated rings. The van der Waals surface area contributed by atoms with E-state index in [0.29, 0.717) is 22.9 Å². The van der Waals surface area contributed by atoms with Gasteiger partial charge in [-0.2, -0.15) is 5.26 Å². The molecule has 7 nitrogen and oxygen atoms in total. The minimum absolute atomic E-state index is 0.0938. The van der Waals surface area contributed by atoms with Crippen molar-refractivity contribution in [1.29, 1.82) is 5.26 Å². The molecule has 0 spiro atoms. The van der Waals surface area contributed by atoms with Crippen molar-refractivity contribution in [3.05, 3.63) is 40.4 Å². The fourth-order valence-electron chi connectivity index (χ4n) is 2.99. The average Bonchev–Trinajstić information content (AvgIpc) is 2.59. The zero-order chi connectivity index (χ0) is 17.1. The van der Waals surface area contributed by atoms with Gasteiger partial charge in [-0.05, 0) is 37.6 Å². The van der Waals surface area contributed by atoms with E-state index in [1.54, 1.807) is 12.1 Å². The summed E-state index contributed by atoms with van der Waals surface area (Å²) < 4.78 is 1.25. The van der Waals surface area contributed by atoms with E-state index in [4.69, 9.17) is 5.26 Å². The molecule has 0 saturated carbocycles. The molecular weight excluding hydrogens is 308 g/mol. The molecule has 2 unspecified atom stereocenters. The topological polar surface area (TPSA) is 108 Å². The number of aliphatic hydroxyl groups excluding tert-OH is 1. The highest BCUT2D eigenvalue weighted by Crippen LogP contribution is 2.12. The van der Waals surface area contributed by atoms with Gasteiger partial charge in [0.05, 0.1) is 41.5 Å². The molecular formula is C17H18N4O3. The molecule has 1 aliphatic heterocycles. The lowest BCUT2D eigenvalue weighted by Crippen LogP contribution is -2.46. The van der Waals surface area contributed by atoms with Crippen molar-refractivity contribution < 1.29 is 9.90 Å². The standard InChI is InChI=1S/C17H18N4O3/c18-8-11-3-4-14-13(6-11)17(24)21(10-20-14)9-12(22)7-15-16(23)2-1-5-19-15/h3-4,6,10,15-16,19,23H,1-2,5,7,9H2. The number of hydrogen-bond acceptors (Lipinski definition) is 6. The van der Waals surface area contributed by atoms with E-state index in [0.717, 1.165) is 13.0 Å². The van der Waals surface area contributed by atoms with Crippen LogP contribution in [0.4, 0.5) is 0 Å². The van der Waals surface area contributed by atoms with Crippen molar-refractivity contribution in [3.63, 3.8) is 0 Å². The van der Waals surface area contributed by atoms with Crippen LogP contribution in [-0.4, -0.2) is 39.1 Å². The van der Waals surface area contributed by atoms with Crippen LogP contribution >= 0.6 is 0 Å².